The first-order valence-corrected chi connectivity index (χ1v) is 9.72. The van der Waals surface area contributed by atoms with E-state index in [1.165, 1.54) is 31.2 Å². The maximum Gasteiger partial charge on any atom is 0.245 e. The zero-order valence-corrected chi connectivity index (χ0v) is 15.1. The van der Waals surface area contributed by atoms with E-state index in [0.717, 1.165) is 42.8 Å². The highest BCUT2D eigenvalue weighted by Crippen LogP contribution is 2.43. The van der Waals surface area contributed by atoms with Crippen molar-refractivity contribution in [2.75, 3.05) is 24.5 Å². The number of fused-ring (bicyclic) bond motifs is 1. The molecule has 26 heavy (non-hydrogen) atoms. The second kappa shape index (κ2) is 6.20. The molecule has 1 aromatic heterocycles. The largest absolute Gasteiger partial charge is 0.507 e. The fourth-order valence-corrected chi connectivity index (χ4v) is 4.50. The monoisotopic (exact) mass is 351 g/mol. The zero-order chi connectivity index (χ0) is 17.7. The van der Waals surface area contributed by atoms with Crippen molar-refractivity contribution < 1.29 is 5.11 Å². The highest BCUT2D eigenvalue weighted by molar-refractivity contribution is 5.69. The Labute approximate surface area is 153 Å². The molecule has 3 aliphatic rings. The van der Waals surface area contributed by atoms with Crippen LogP contribution >= 0.6 is 0 Å². The summed E-state index contributed by atoms with van der Waals surface area (Å²) in [6, 6.07) is 6.40. The molecule has 2 N–H and O–H groups in total. The van der Waals surface area contributed by atoms with Crippen molar-refractivity contribution >= 4 is 5.95 Å². The molecule has 0 unspecified atom stereocenters. The van der Waals surface area contributed by atoms with E-state index in [4.69, 9.17) is 4.98 Å². The average molecular weight is 351 g/mol. The van der Waals surface area contributed by atoms with Gasteiger partial charge in [-0.3, -0.25) is 0 Å². The van der Waals surface area contributed by atoms with Gasteiger partial charge in [0.1, 0.15) is 11.4 Å². The molecule has 1 aromatic carbocycles. The predicted molar refractivity (Wildman–Crippen MR) is 100 cm³/mol. The summed E-state index contributed by atoms with van der Waals surface area (Å²) in [4.78, 5) is 7.05. The summed E-state index contributed by atoms with van der Waals surface area (Å²) in [7, 11) is 0. The Kier molecular flexibility index (Phi) is 3.81. The Bertz CT molecular complexity index is 835. The maximum absolute atomic E-state index is 10.5. The van der Waals surface area contributed by atoms with E-state index in [2.05, 4.69) is 26.5 Å². The molecule has 0 bridgehead atoms. The molecule has 0 spiro atoms. The number of aromatic nitrogens is 3. The first kappa shape index (κ1) is 16.0. The topological polar surface area (TPSA) is 74.2 Å². The number of phenols is 1. The maximum atomic E-state index is 10.5. The molecule has 6 nitrogen and oxygen atoms in total. The van der Waals surface area contributed by atoms with Gasteiger partial charge in [-0.25, -0.2) is 4.98 Å². The SMILES string of the molecule is Cc1nc(N2CC[C@@H]3CCNC[C@@H]32)nnc1-c1ccc(C2CC2)cc1O. The van der Waals surface area contributed by atoms with Crippen molar-refractivity contribution in [2.24, 2.45) is 5.92 Å². The summed E-state index contributed by atoms with van der Waals surface area (Å²) in [5.41, 5.74) is 3.43. The Morgan fingerprint density at radius 1 is 1.15 bits per heavy atom. The van der Waals surface area contributed by atoms with Gasteiger partial charge in [0.25, 0.3) is 0 Å². The fraction of sp³-hybridized carbons (Fsp3) is 0.550. The van der Waals surface area contributed by atoms with Gasteiger partial charge in [0.15, 0.2) is 0 Å². The molecule has 2 aromatic rings. The molecule has 6 heteroatoms. The Hall–Kier alpha value is -2.21. The number of hydrogen-bond acceptors (Lipinski definition) is 6. The third-order valence-corrected chi connectivity index (χ3v) is 6.16. The molecule has 2 aliphatic heterocycles. The first-order chi connectivity index (χ1) is 12.7. The van der Waals surface area contributed by atoms with Crippen molar-refractivity contribution in [2.45, 2.75) is 44.6 Å². The third-order valence-electron chi connectivity index (χ3n) is 6.16. The van der Waals surface area contributed by atoms with Gasteiger partial charge in [-0.05, 0) is 68.7 Å². The van der Waals surface area contributed by atoms with Gasteiger partial charge in [0, 0.05) is 24.7 Å². The molecule has 3 fully saturated rings. The molecule has 2 atom stereocenters. The molecule has 5 rings (SSSR count). The van der Waals surface area contributed by atoms with Crippen LogP contribution in [-0.2, 0) is 0 Å². The summed E-state index contributed by atoms with van der Waals surface area (Å²) in [5, 5.41) is 22.8. The number of benzene rings is 1. The summed E-state index contributed by atoms with van der Waals surface area (Å²) in [6.45, 7) is 5.06. The van der Waals surface area contributed by atoms with Crippen LogP contribution in [0.5, 0.6) is 5.75 Å². The summed E-state index contributed by atoms with van der Waals surface area (Å²) < 4.78 is 0. The van der Waals surface area contributed by atoms with Crippen LogP contribution in [0.4, 0.5) is 5.95 Å². The minimum absolute atomic E-state index is 0.277. The lowest BCUT2D eigenvalue weighted by molar-refractivity contribution is 0.357. The van der Waals surface area contributed by atoms with Gasteiger partial charge < -0.3 is 15.3 Å². The van der Waals surface area contributed by atoms with Crippen LogP contribution in [0, 0.1) is 12.8 Å². The van der Waals surface area contributed by atoms with E-state index in [9.17, 15) is 5.11 Å². The van der Waals surface area contributed by atoms with E-state index >= 15 is 0 Å². The lowest BCUT2D eigenvalue weighted by atomic mass is 9.93. The molecule has 3 heterocycles. The lowest BCUT2D eigenvalue weighted by Crippen LogP contribution is -2.46. The number of aryl methyl sites for hydroxylation is 1. The van der Waals surface area contributed by atoms with Crippen LogP contribution < -0.4 is 10.2 Å². The van der Waals surface area contributed by atoms with Crippen molar-refractivity contribution in [3.05, 3.63) is 29.5 Å². The molecule has 2 saturated heterocycles. The minimum atomic E-state index is 0.277. The van der Waals surface area contributed by atoms with E-state index in [1.54, 1.807) is 0 Å². The normalized spacial score (nSPS) is 25.3. The number of nitrogens with zero attached hydrogens (tertiary/aromatic N) is 4. The summed E-state index contributed by atoms with van der Waals surface area (Å²) in [5.74, 6) is 2.35. The highest BCUT2D eigenvalue weighted by Gasteiger charge is 2.37. The van der Waals surface area contributed by atoms with Gasteiger partial charge in [0.2, 0.25) is 5.95 Å². The number of nitrogens with one attached hydrogen (secondary N) is 1. The standard InChI is InChI=1S/C20H25N5O/c1-12-19(16-5-4-15(10-18(16)26)13-2-3-13)23-24-20(22-12)25-9-7-14-6-8-21-11-17(14)25/h4-5,10,13-14,17,21,26H,2-3,6-9,11H2,1H3/t14-,17-/m0/s1. The molecule has 0 radical (unpaired) electrons. The first-order valence-electron chi connectivity index (χ1n) is 9.72. The highest BCUT2D eigenvalue weighted by atomic mass is 16.3. The zero-order valence-electron chi connectivity index (χ0n) is 15.1. The predicted octanol–water partition coefficient (Wildman–Crippen LogP) is 2.62. The number of phenolic OH excluding ortho intramolecular Hbond substituents is 1. The van der Waals surface area contributed by atoms with Crippen molar-refractivity contribution in [3.8, 4) is 17.0 Å². The number of anilines is 1. The number of hydrogen-bond donors (Lipinski definition) is 2. The van der Waals surface area contributed by atoms with Crippen LogP contribution in [0.1, 0.15) is 42.9 Å². The Balaban J connectivity index is 1.43. The second-order valence-electron chi connectivity index (χ2n) is 7.90. The number of piperidine rings is 1. The van der Waals surface area contributed by atoms with Crippen molar-refractivity contribution in [3.63, 3.8) is 0 Å². The molecule has 1 aliphatic carbocycles. The smallest absolute Gasteiger partial charge is 0.245 e. The lowest BCUT2D eigenvalue weighted by Gasteiger charge is -2.32. The second-order valence-corrected chi connectivity index (χ2v) is 7.90. The summed E-state index contributed by atoms with van der Waals surface area (Å²) in [6.07, 6.45) is 4.88. The van der Waals surface area contributed by atoms with Crippen LogP contribution in [-0.4, -0.2) is 46.0 Å². The van der Waals surface area contributed by atoms with Crippen LogP contribution in [0.15, 0.2) is 18.2 Å². The number of aromatic hydroxyl groups is 1. The van der Waals surface area contributed by atoms with E-state index in [1.807, 2.05) is 19.1 Å². The summed E-state index contributed by atoms with van der Waals surface area (Å²) >= 11 is 0. The Morgan fingerprint density at radius 2 is 2.04 bits per heavy atom. The average Bonchev–Trinajstić information content (AvgIpc) is 3.41. The molecule has 1 saturated carbocycles. The van der Waals surface area contributed by atoms with Crippen molar-refractivity contribution in [1.82, 2.24) is 20.5 Å². The number of rotatable bonds is 3. The van der Waals surface area contributed by atoms with E-state index in [-0.39, 0.29) is 5.75 Å². The van der Waals surface area contributed by atoms with Gasteiger partial charge in [0.05, 0.1) is 5.69 Å². The van der Waals surface area contributed by atoms with Gasteiger partial charge in [-0.15, -0.1) is 10.2 Å². The Morgan fingerprint density at radius 3 is 2.81 bits per heavy atom. The van der Waals surface area contributed by atoms with Crippen molar-refractivity contribution in [1.29, 1.82) is 0 Å². The van der Waals surface area contributed by atoms with Gasteiger partial charge in [-0.1, -0.05) is 6.07 Å². The fourth-order valence-electron chi connectivity index (χ4n) is 4.50. The van der Waals surface area contributed by atoms with E-state index < -0.39 is 0 Å². The molecular weight excluding hydrogens is 326 g/mol. The van der Waals surface area contributed by atoms with Gasteiger partial charge >= 0.3 is 0 Å². The van der Waals surface area contributed by atoms with Crippen LogP contribution in [0.2, 0.25) is 0 Å². The molecule has 136 valence electrons. The minimum Gasteiger partial charge on any atom is -0.507 e. The van der Waals surface area contributed by atoms with Crippen LogP contribution in [0.25, 0.3) is 11.3 Å². The molecule has 0 amide bonds. The third kappa shape index (κ3) is 2.72. The quantitative estimate of drug-likeness (QED) is 0.885. The van der Waals surface area contributed by atoms with Gasteiger partial charge in [-0.2, -0.15) is 0 Å². The van der Waals surface area contributed by atoms with Crippen LogP contribution in [0.3, 0.4) is 0 Å². The van der Waals surface area contributed by atoms with E-state index in [0.29, 0.717) is 17.7 Å². The molecular formula is C20H25N5O.